The number of fused-ring (bicyclic) bond motifs is 5. The molecule has 7 nitrogen and oxygen atoms in total. The number of imidazole rings is 1. The monoisotopic (exact) mass is 295 g/mol. The molecule has 0 bridgehead atoms. The summed E-state index contributed by atoms with van der Waals surface area (Å²) in [6.45, 7) is 2.53. The number of aliphatic imine (C=N–C) groups is 1. The van der Waals surface area contributed by atoms with Crippen LogP contribution in [0.1, 0.15) is 16.8 Å². The predicted molar refractivity (Wildman–Crippen MR) is 81.4 cm³/mol. The summed E-state index contributed by atoms with van der Waals surface area (Å²) in [4.78, 5) is 8.75. The maximum absolute atomic E-state index is 9.25. The van der Waals surface area contributed by atoms with Crippen LogP contribution in [-0.4, -0.2) is 31.0 Å². The lowest BCUT2D eigenvalue weighted by atomic mass is 10.1. The minimum absolute atomic E-state index is 0.0677. The molecule has 2 aliphatic heterocycles. The first-order chi connectivity index (χ1) is 10.7. The molecule has 0 saturated heterocycles. The molecule has 2 aromatic rings. The summed E-state index contributed by atoms with van der Waals surface area (Å²) in [5, 5.41) is 12.5. The number of guanidine groups is 1. The second-order valence-corrected chi connectivity index (χ2v) is 5.51. The van der Waals surface area contributed by atoms with Crippen LogP contribution in [0.2, 0.25) is 0 Å². The first-order valence-electron chi connectivity index (χ1n) is 6.90. The van der Waals surface area contributed by atoms with Crippen molar-refractivity contribution in [3.63, 3.8) is 0 Å². The molecule has 1 atom stereocenters. The molecule has 1 aromatic heterocycles. The number of quaternary nitrogens is 1. The normalized spacial score (nSPS) is 22.6. The number of rotatable bonds is 0. The average Bonchev–Trinajstić information content (AvgIpc) is 3.13. The van der Waals surface area contributed by atoms with Crippen LogP contribution in [0.4, 0.5) is 0 Å². The zero-order valence-corrected chi connectivity index (χ0v) is 12.0. The zero-order valence-electron chi connectivity index (χ0n) is 12.0. The fourth-order valence-electron chi connectivity index (χ4n) is 3.09. The second kappa shape index (κ2) is 4.28. The quantitative estimate of drug-likeness (QED) is 0.253. The van der Waals surface area contributed by atoms with Gasteiger partial charge in [0.25, 0.3) is 0 Å². The van der Waals surface area contributed by atoms with E-state index in [2.05, 4.69) is 21.2 Å². The maximum Gasteiger partial charge on any atom is 0.344 e. The highest BCUT2D eigenvalue weighted by molar-refractivity contribution is 6.04. The van der Waals surface area contributed by atoms with Crippen LogP contribution < -0.4 is 5.73 Å². The molecule has 3 heterocycles. The molecule has 7 heteroatoms. The number of nitrogens with zero attached hydrogens (tertiary/aromatic N) is 5. The van der Waals surface area contributed by atoms with Gasteiger partial charge in [-0.05, 0) is 29.8 Å². The molecule has 22 heavy (non-hydrogen) atoms. The maximum atomic E-state index is 9.25. The molecule has 0 fully saturated rings. The Bertz CT molecular complexity index is 863. The van der Waals surface area contributed by atoms with Gasteiger partial charge in [0, 0.05) is 0 Å². The van der Waals surface area contributed by atoms with Crippen molar-refractivity contribution in [1.82, 2.24) is 9.55 Å². The van der Waals surface area contributed by atoms with Crippen LogP contribution in [0.15, 0.2) is 53.3 Å². The van der Waals surface area contributed by atoms with Gasteiger partial charge >= 0.3 is 5.96 Å². The van der Waals surface area contributed by atoms with Gasteiger partial charge in [0.15, 0.2) is 0 Å². The fraction of sp³-hybridized carbons (Fsp3) is 0.133. The lowest BCUT2D eigenvalue weighted by molar-refractivity contribution is -0.703. The third-order valence-corrected chi connectivity index (χ3v) is 4.19. The lowest BCUT2D eigenvalue weighted by Gasteiger charge is -2.27. The number of oxime groups is 1. The number of aromatic nitrogens is 2. The summed E-state index contributed by atoms with van der Waals surface area (Å²) >= 11 is 0. The molecule has 110 valence electrons. The summed E-state index contributed by atoms with van der Waals surface area (Å²) in [6, 6.07) is 6.14. The molecule has 0 amide bonds. The van der Waals surface area contributed by atoms with E-state index in [-0.39, 0.29) is 10.4 Å². The van der Waals surface area contributed by atoms with E-state index in [9.17, 15) is 5.21 Å². The molecular weight excluding hydrogens is 280 g/mol. The van der Waals surface area contributed by atoms with E-state index in [1.54, 1.807) is 18.7 Å². The van der Waals surface area contributed by atoms with Gasteiger partial charge in [0.2, 0.25) is 5.84 Å². The van der Waals surface area contributed by atoms with Gasteiger partial charge in [-0.1, -0.05) is 6.07 Å². The molecule has 2 aliphatic rings. The van der Waals surface area contributed by atoms with E-state index in [4.69, 9.17) is 5.73 Å². The summed E-state index contributed by atoms with van der Waals surface area (Å²) in [5.74, 6) is 0.822. The second-order valence-electron chi connectivity index (χ2n) is 5.51. The number of hydrogen-bond donors (Lipinski definition) is 2. The topological polar surface area (TPSA) is 88.8 Å². The third-order valence-electron chi connectivity index (χ3n) is 4.19. The molecule has 0 saturated carbocycles. The van der Waals surface area contributed by atoms with Crippen LogP contribution in [0.3, 0.4) is 0 Å². The number of nitrogens with two attached hydrogens (primary N) is 1. The summed E-state index contributed by atoms with van der Waals surface area (Å²) < 4.78 is 2.10. The molecule has 4 rings (SSSR count). The van der Waals surface area contributed by atoms with Gasteiger partial charge in [0.05, 0.1) is 35.7 Å². The predicted octanol–water partition coefficient (Wildman–Crippen LogP) is 1.45. The van der Waals surface area contributed by atoms with E-state index in [1.165, 1.54) is 0 Å². The van der Waals surface area contributed by atoms with E-state index < -0.39 is 0 Å². The van der Waals surface area contributed by atoms with Crippen LogP contribution >= 0.6 is 0 Å². The largest absolute Gasteiger partial charge is 0.405 e. The highest BCUT2D eigenvalue weighted by Crippen LogP contribution is 2.33. The standard InChI is InChI=1S/C15H14N6O/c1-10-2-3-12-13(6-10)20-9-17-7-11(20)8-21(15(16)19-22)5-4-18-14(12)21/h2-7,9H,8H2,1H3,(H2-,16,19,22)/p+1. The van der Waals surface area contributed by atoms with Crippen molar-refractivity contribution in [2.45, 2.75) is 13.5 Å². The van der Waals surface area contributed by atoms with E-state index in [0.29, 0.717) is 6.54 Å². The van der Waals surface area contributed by atoms with Gasteiger partial charge in [-0.3, -0.25) is 4.57 Å². The first-order valence-corrected chi connectivity index (χ1v) is 6.90. The molecule has 0 spiro atoms. The Morgan fingerprint density at radius 2 is 2.32 bits per heavy atom. The van der Waals surface area contributed by atoms with Gasteiger partial charge in [-0.2, -0.15) is 9.48 Å². The van der Waals surface area contributed by atoms with Gasteiger partial charge < -0.3 is 10.9 Å². The van der Waals surface area contributed by atoms with Crippen molar-refractivity contribution in [3.05, 3.63) is 59.9 Å². The van der Waals surface area contributed by atoms with Gasteiger partial charge in [-0.15, -0.1) is 0 Å². The smallest absolute Gasteiger partial charge is 0.344 e. The fourth-order valence-corrected chi connectivity index (χ4v) is 3.09. The van der Waals surface area contributed by atoms with Gasteiger partial charge in [-0.25, -0.2) is 4.98 Å². The number of hydrogen-bond acceptors (Lipinski definition) is 4. The number of benzene rings is 1. The van der Waals surface area contributed by atoms with Crippen molar-refractivity contribution in [2.75, 3.05) is 0 Å². The molecule has 0 radical (unpaired) electrons. The minimum Gasteiger partial charge on any atom is -0.405 e. The summed E-state index contributed by atoms with van der Waals surface area (Å²) in [6.07, 6.45) is 7.11. The highest BCUT2D eigenvalue weighted by atomic mass is 16.4. The van der Waals surface area contributed by atoms with E-state index >= 15 is 0 Å². The Morgan fingerprint density at radius 1 is 1.45 bits per heavy atom. The Kier molecular flexibility index (Phi) is 2.49. The first kappa shape index (κ1) is 12.8. The molecular formula is C15H15N6O+. The van der Waals surface area contributed by atoms with Crippen LogP contribution in [0, 0.1) is 6.92 Å². The summed E-state index contributed by atoms with van der Waals surface area (Å²) in [5.41, 5.74) is 10.1. The minimum atomic E-state index is 0.0677. The average molecular weight is 295 g/mol. The van der Waals surface area contributed by atoms with Crippen molar-refractivity contribution >= 4 is 11.8 Å². The molecule has 1 unspecified atom stereocenters. The SMILES string of the molecule is Cc1ccc2c(c1)-n1cncc1C[N+]1(C(N)=NO)C=CN=C21. The van der Waals surface area contributed by atoms with Crippen molar-refractivity contribution in [2.24, 2.45) is 15.9 Å². The van der Waals surface area contributed by atoms with E-state index in [0.717, 1.165) is 28.3 Å². The Hall–Kier alpha value is -2.93. The lowest BCUT2D eigenvalue weighted by Crippen LogP contribution is -2.54. The third kappa shape index (κ3) is 1.51. The van der Waals surface area contributed by atoms with Crippen molar-refractivity contribution in [1.29, 1.82) is 0 Å². The van der Waals surface area contributed by atoms with Crippen molar-refractivity contribution in [3.8, 4) is 5.69 Å². The molecule has 0 aliphatic carbocycles. The van der Waals surface area contributed by atoms with Crippen LogP contribution in [-0.2, 0) is 6.54 Å². The Morgan fingerprint density at radius 3 is 3.14 bits per heavy atom. The van der Waals surface area contributed by atoms with Crippen LogP contribution in [0.25, 0.3) is 5.69 Å². The number of amidine groups is 1. The summed E-state index contributed by atoms with van der Waals surface area (Å²) in [7, 11) is 0. The van der Waals surface area contributed by atoms with Crippen LogP contribution in [0.5, 0.6) is 0 Å². The Balaban J connectivity index is 2.08. The van der Waals surface area contributed by atoms with E-state index in [1.807, 2.05) is 29.8 Å². The molecule has 3 N–H and O–H groups in total. The zero-order chi connectivity index (χ0) is 15.3. The van der Waals surface area contributed by atoms with Gasteiger partial charge in [0.1, 0.15) is 12.7 Å². The molecule has 1 aromatic carbocycles. The Labute approximate surface area is 126 Å². The highest BCUT2D eigenvalue weighted by Gasteiger charge is 2.45. The number of aryl methyl sites for hydroxylation is 1. The van der Waals surface area contributed by atoms with Crippen molar-refractivity contribution < 1.29 is 9.69 Å².